The monoisotopic (exact) mass is 537 g/mol. The molecule has 1 aromatic heterocycles. The summed E-state index contributed by atoms with van der Waals surface area (Å²) in [5, 5.41) is 12.9. The molecule has 1 amide bonds. The number of halogens is 3. The van der Waals surface area contributed by atoms with Gasteiger partial charge in [0.2, 0.25) is 0 Å². The Balaban J connectivity index is 1.51. The molecular weight excluding hydrogens is 511 g/mol. The largest absolute Gasteiger partial charge is 0.417 e. The lowest BCUT2D eigenvalue weighted by Crippen LogP contribution is -2.20. The maximum absolute atomic E-state index is 13.1. The third-order valence-corrected chi connectivity index (χ3v) is 6.58. The van der Waals surface area contributed by atoms with Crippen molar-refractivity contribution in [2.75, 3.05) is 5.75 Å². The number of nitrogens with one attached hydrogen (secondary N) is 1. The van der Waals surface area contributed by atoms with E-state index in [0.717, 1.165) is 35.3 Å². The maximum Gasteiger partial charge on any atom is 0.417 e. The summed E-state index contributed by atoms with van der Waals surface area (Å²) in [4.78, 5) is 12.4. The molecule has 3 aromatic carbocycles. The summed E-state index contributed by atoms with van der Waals surface area (Å²) >= 11 is 1.15. The second-order valence-electron chi connectivity index (χ2n) is 9.47. The van der Waals surface area contributed by atoms with E-state index in [4.69, 9.17) is 0 Å². The SMILES string of the molecule is CC(C)(C)c1ccc(-c2nnc(SCC(=O)N/N=C/c3ccccc3C(F)(F)F)n2-c2ccccc2)cc1. The molecule has 0 saturated carbocycles. The molecule has 4 rings (SSSR count). The van der Waals surface area contributed by atoms with E-state index >= 15 is 0 Å². The molecule has 4 aromatic rings. The number of benzene rings is 3. The van der Waals surface area contributed by atoms with Gasteiger partial charge in [0, 0.05) is 16.8 Å². The minimum atomic E-state index is -4.52. The van der Waals surface area contributed by atoms with Gasteiger partial charge in [0.15, 0.2) is 11.0 Å². The minimum Gasteiger partial charge on any atom is -0.272 e. The first-order valence-electron chi connectivity index (χ1n) is 11.8. The van der Waals surface area contributed by atoms with Gasteiger partial charge in [-0.2, -0.15) is 18.3 Å². The summed E-state index contributed by atoms with van der Waals surface area (Å²) in [6.07, 6.45) is -3.54. The number of rotatable bonds is 7. The first-order valence-corrected chi connectivity index (χ1v) is 12.8. The Morgan fingerprint density at radius 3 is 2.26 bits per heavy atom. The van der Waals surface area contributed by atoms with Crippen molar-refractivity contribution in [3.63, 3.8) is 0 Å². The molecule has 0 aliphatic heterocycles. The van der Waals surface area contributed by atoms with Gasteiger partial charge in [-0.15, -0.1) is 10.2 Å². The fourth-order valence-corrected chi connectivity index (χ4v) is 4.43. The quantitative estimate of drug-likeness (QED) is 0.166. The summed E-state index contributed by atoms with van der Waals surface area (Å²) in [7, 11) is 0. The van der Waals surface area contributed by atoms with Crippen molar-refractivity contribution < 1.29 is 18.0 Å². The number of carbonyl (C=O) groups excluding carboxylic acids is 1. The Labute approximate surface area is 223 Å². The lowest BCUT2D eigenvalue weighted by atomic mass is 9.87. The molecule has 0 aliphatic rings. The molecule has 1 heterocycles. The van der Waals surface area contributed by atoms with Crippen LogP contribution in [0.15, 0.2) is 89.1 Å². The van der Waals surface area contributed by atoms with Crippen LogP contribution in [0.25, 0.3) is 17.1 Å². The molecule has 0 bridgehead atoms. The normalized spacial score (nSPS) is 12.2. The van der Waals surface area contributed by atoms with E-state index < -0.39 is 17.6 Å². The number of aromatic nitrogens is 3. The molecule has 0 aliphatic carbocycles. The van der Waals surface area contributed by atoms with Gasteiger partial charge in [0.1, 0.15) is 0 Å². The fourth-order valence-electron chi connectivity index (χ4n) is 3.68. The van der Waals surface area contributed by atoms with Crippen LogP contribution in [0.1, 0.15) is 37.5 Å². The zero-order valence-corrected chi connectivity index (χ0v) is 21.8. The highest BCUT2D eigenvalue weighted by atomic mass is 32.2. The highest BCUT2D eigenvalue weighted by Crippen LogP contribution is 2.32. The van der Waals surface area contributed by atoms with Crippen LogP contribution >= 0.6 is 11.8 Å². The van der Waals surface area contributed by atoms with Crippen molar-refractivity contribution in [1.82, 2.24) is 20.2 Å². The third-order valence-electron chi connectivity index (χ3n) is 5.65. The summed E-state index contributed by atoms with van der Waals surface area (Å²) in [6, 6.07) is 22.7. The van der Waals surface area contributed by atoms with Crippen molar-refractivity contribution in [3.8, 4) is 17.1 Å². The van der Waals surface area contributed by atoms with E-state index in [1.165, 1.54) is 23.8 Å². The summed E-state index contributed by atoms with van der Waals surface area (Å²) in [5.74, 6) is 0.0717. The van der Waals surface area contributed by atoms with Gasteiger partial charge < -0.3 is 0 Å². The van der Waals surface area contributed by atoms with Gasteiger partial charge in [-0.25, -0.2) is 5.43 Å². The van der Waals surface area contributed by atoms with Crippen LogP contribution in [-0.2, 0) is 16.4 Å². The van der Waals surface area contributed by atoms with Gasteiger partial charge in [0.25, 0.3) is 5.91 Å². The second kappa shape index (κ2) is 11.2. The number of hydrogen-bond donors (Lipinski definition) is 1. The Morgan fingerprint density at radius 1 is 0.947 bits per heavy atom. The van der Waals surface area contributed by atoms with Gasteiger partial charge in [-0.05, 0) is 29.2 Å². The number of thioether (sulfide) groups is 1. The van der Waals surface area contributed by atoms with E-state index in [9.17, 15) is 18.0 Å². The summed E-state index contributed by atoms with van der Waals surface area (Å²) < 4.78 is 41.3. The zero-order valence-electron chi connectivity index (χ0n) is 21.0. The van der Waals surface area contributed by atoms with Crippen molar-refractivity contribution >= 4 is 23.9 Å². The Hall–Kier alpha value is -3.92. The highest BCUT2D eigenvalue weighted by molar-refractivity contribution is 7.99. The first-order chi connectivity index (χ1) is 18.0. The standard InChI is InChI=1S/C28H26F3N5OS/c1-27(2,3)21-15-13-19(14-16-21)25-34-35-26(36(25)22-10-5-4-6-11-22)38-18-24(37)33-32-17-20-9-7-8-12-23(20)28(29,30)31/h4-17H,18H2,1-3H3,(H,33,37)/b32-17+. The smallest absolute Gasteiger partial charge is 0.272 e. The lowest BCUT2D eigenvalue weighted by molar-refractivity contribution is -0.137. The van der Waals surface area contributed by atoms with Gasteiger partial charge in [-0.3, -0.25) is 9.36 Å². The van der Waals surface area contributed by atoms with E-state index in [1.54, 1.807) is 0 Å². The minimum absolute atomic E-state index is 0.0112. The molecular formula is C28H26F3N5OS. The zero-order chi connectivity index (χ0) is 27.3. The van der Waals surface area contributed by atoms with Crippen LogP contribution < -0.4 is 5.43 Å². The number of amides is 1. The van der Waals surface area contributed by atoms with Crippen LogP contribution in [0.4, 0.5) is 13.2 Å². The highest BCUT2D eigenvalue weighted by Gasteiger charge is 2.32. The topological polar surface area (TPSA) is 72.2 Å². The molecule has 0 saturated heterocycles. The van der Waals surface area contributed by atoms with Crippen LogP contribution in [0.3, 0.4) is 0 Å². The van der Waals surface area contributed by atoms with Gasteiger partial charge in [0.05, 0.1) is 17.5 Å². The molecule has 38 heavy (non-hydrogen) atoms. The predicted octanol–water partition coefficient (Wildman–Crippen LogP) is 6.49. The molecule has 0 spiro atoms. The van der Waals surface area contributed by atoms with Crippen LogP contribution in [0.2, 0.25) is 0 Å². The number of hydrazone groups is 1. The molecule has 196 valence electrons. The first kappa shape index (κ1) is 27.1. The molecule has 0 fully saturated rings. The van der Waals surface area contributed by atoms with E-state index in [0.29, 0.717) is 11.0 Å². The lowest BCUT2D eigenvalue weighted by Gasteiger charge is -2.19. The van der Waals surface area contributed by atoms with E-state index in [2.05, 4.69) is 53.6 Å². The average Bonchev–Trinajstić information content (AvgIpc) is 3.31. The van der Waals surface area contributed by atoms with Gasteiger partial charge >= 0.3 is 6.18 Å². The Morgan fingerprint density at radius 2 is 1.61 bits per heavy atom. The summed E-state index contributed by atoms with van der Waals surface area (Å²) in [5.41, 5.74) is 4.22. The van der Waals surface area contributed by atoms with E-state index in [-0.39, 0.29) is 16.7 Å². The average molecular weight is 538 g/mol. The maximum atomic E-state index is 13.1. The molecule has 0 radical (unpaired) electrons. The number of nitrogens with zero attached hydrogens (tertiary/aromatic N) is 4. The van der Waals surface area contributed by atoms with Crippen LogP contribution in [-0.4, -0.2) is 32.6 Å². The number of para-hydroxylation sites is 1. The Kier molecular flexibility index (Phi) is 8.01. The van der Waals surface area contributed by atoms with Crippen molar-refractivity contribution in [2.45, 2.75) is 37.5 Å². The van der Waals surface area contributed by atoms with E-state index in [1.807, 2.05) is 47.0 Å². The van der Waals surface area contributed by atoms with Crippen molar-refractivity contribution in [1.29, 1.82) is 0 Å². The van der Waals surface area contributed by atoms with Crippen LogP contribution in [0, 0.1) is 0 Å². The fraction of sp³-hybridized carbons (Fsp3) is 0.214. The molecule has 10 heteroatoms. The molecule has 6 nitrogen and oxygen atoms in total. The Bertz CT molecular complexity index is 1430. The van der Waals surface area contributed by atoms with Gasteiger partial charge in [-0.1, -0.05) is 93.2 Å². The van der Waals surface area contributed by atoms with Crippen molar-refractivity contribution in [3.05, 3.63) is 95.6 Å². The third kappa shape index (κ3) is 6.49. The number of carbonyl (C=O) groups is 1. The van der Waals surface area contributed by atoms with Crippen LogP contribution in [0.5, 0.6) is 0 Å². The number of alkyl halides is 3. The molecule has 0 unspecified atom stereocenters. The van der Waals surface area contributed by atoms with Crippen molar-refractivity contribution in [2.24, 2.45) is 5.10 Å². The predicted molar refractivity (Wildman–Crippen MR) is 143 cm³/mol. The molecule has 1 N–H and O–H groups in total. The second-order valence-corrected chi connectivity index (χ2v) is 10.4. The number of hydrogen-bond acceptors (Lipinski definition) is 5. The molecule has 0 atom stereocenters. The summed E-state index contributed by atoms with van der Waals surface area (Å²) in [6.45, 7) is 6.44.